The predicted octanol–water partition coefficient (Wildman–Crippen LogP) is 1.50. The minimum absolute atomic E-state index is 0.0300. The lowest BCUT2D eigenvalue weighted by atomic mass is 10.0. The number of fused-ring (bicyclic) bond motifs is 1. The van der Waals surface area contributed by atoms with Crippen molar-refractivity contribution in [3.05, 3.63) is 40.7 Å². The highest BCUT2D eigenvalue weighted by molar-refractivity contribution is 5.83. The molecule has 1 atom stereocenters. The maximum absolute atomic E-state index is 12.2. The van der Waals surface area contributed by atoms with Gasteiger partial charge in [-0.05, 0) is 31.4 Å². The van der Waals surface area contributed by atoms with Crippen molar-refractivity contribution in [1.82, 2.24) is 4.98 Å². The van der Waals surface area contributed by atoms with Crippen LogP contribution in [0, 0.1) is 0 Å². The zero-order valence-electron chi connectivity index (χ0n) is 12.3. The first-order valence-corrected chi connectivity index (χ1v) is 7.14. The molecule has 0 radical (unpaired) electrons. The first-order valence-electron chi connectivity index (χ1n) is 7.14. The van der Waals surface area contributed by atoms with Crippen LogP contribution < -0.4 is 10.5 Å². The van der Waals surface area contributed by atoms with E-state index in [1.165, 1.54) is 0 Å². The highest BCUT2D eigenvalue weighted by Crippen LogP contribution is 2.25. The molecule has 1 unspecified atom stereocenters. The third kappa shape index (κ3) is 2.80. The summed E-state index contributed by atoms with van der Waals surface area (Å²) in [5.74, 6) is 0.772. The Kier molecular flexibility index (Phi) is 3.47. The van der Waals surface area contributed by atoms with E-state index in [0.717, 1.165) is 11.2 Å². The lowest BCUT2D eigenvalue weighted by Gasteiger charge is -2.43. The zero-order chi connectivity index (χ0) is 15.0. The van der Waals surface area contributed by atoms with Crippen molar-refractivity contribution >= 4 is 16.6 Å². The minimum atomic E-state index is -0.367. The van der Waals surface area contributed by atoms with Crippen molar-refractivity contribution in [1.29, 1.82) is 0 Å². The Bertz CT molecular complexity index is 708. The van der Waals surface area contributed by atoms with E-state index in [1.54, 1.807) is 0 Å². The van der Waals surface area contributed by atoms with E-state index in [0.29, 0.717) is 18.5 Å². The smallest absolute Gasteiger partial charge is 0.257 e. The van der Waals surface area contributed by atoms with Gasteiger partial charge in [0, 0.05) is 18.5 Å². The first kappa shape index (κ1) is 14.1. The lowest BCUT2D eigenvalue weighted by molar-refractivity contribution is -0.101. The number of benzene rings is 1. The summed E-state index contributed by atoms with van der Waals surface area (Å²) in [6.45, 7) is 5.17. The Balaban J connectivity index is 2.01. The van der Waals surface area contributed by atoms with Gasteiger partial charge in [0.1, 0.15) is 5.82 Å². The fourth-order valence-corrected chi connectivity index (χ4v) is 2.94. The summed E-state index contributed by atoms with van der Waals surface area (Å²) in [7, 11) is 0. The third-order valence-electron chi connectivity index (χ3n) is 3.76. The van der Waals surface area contributed by atoms with Crippen LogP contribution in [0.3, 0.4) is 0 Å². The first-order chi connectivity index (χ1) is 9.98. The highest BCUT2D eigenvalue weighted by atomic mass is 16.5. The number of nitrogens with zero attached hydrogens (tertiary/aromatic N) is 1. The van der Waals surface area contributed by atoms with Gasteiger partial charge in [-0.25, -0.2) is 0 Å². The normalized spacial score (nSPS) is 21.7. The van der Waals surface area contributed by atoms with Crippen molar-refractivity contribution in [2.24, 2.45) is 0 Å². The van der Waals surface area contributed by atoms with Crippen molar-refractivity contribution in [2.45, 2.75) is 25.6 Å². The molecule has 1 saturated heterocycles. The highest BCUT2D eigenvalue weighted by Gasteiger charge is 2.33. The molecule has 5 nitrogen and oxygen atoms in total. The van der Waals surface area contributed by atoms with Crippen LogP contribution in [-0.4, -0.2) is 41.5 Å². The molecular formula is C16H20N2O3. The number of morpholine rings is 1. The van der Waals surface area contributed by atoms with Crippen LogP contribution in [0.15, 0.2) is 35.1 Å². The molecule has 0 amide bonds. The summed E-state index contributed by atoms with van der Waals surface area (Å²) in [6, 6.07) is 9.51. The average molecular weight is 288 g/mol. The quantitative estimate of drug-likeness (QED) is 0.879. The van der Waals surface area contributed by atoms with Crippen molar-refractivity contribution in [2.75, 3.05) is 24.6 Å². The van der Waals surface area contributed by atoms with E-state index in [9.17, 15) is 9.90 Å². The van der Waals surface area contributed by atoms with Crippen LogP contribution in [0.25, 0.3) is 10.8 Å². The Morgan fingerprint density at radius 1 is 1.43 bits per heavy atom. The molecule has 5 heteroatoms. The molecule has 2 aromatic rings. The molecule has 1 aliphatic heterocycles. The van der Waals surface area contributed by atoms with Gasteiger partial charge >= 0.3 is 0 Å². The maximum atomic E-state index is 12.2. The SMILES string of the molecule is CC1(C)CN(c2cc3ccccc3c(=O)[nH]2)CC(CO)O1. The number of hydrogen-bond donors (Lipinski definition) is 2. The number of rotatable bonds is 2. The predicted molar refractivity (Wildman–Crippen MR) is 82.8 cm³/mol. The molecule has 0 saturated carbocycles. The summed E-state index contributed by atoms with van der Waals surface area (Å²) < 4.78 is 5.81. The van der Waals surface area contributed by atoms with Gasteiger partial charge in [0.15, 0.2) is 0 Å². The fourth-order valence-electron chi connectivity index (χ4n) is 2.94. The summed E-state index contributed by atoms with van der Waals surface area (Å²) >= 11 is 0. The van der Waals surface area contributed by atoms with E-state index in [4.69, 9.17) is 4.74 Å². The Morgan fingerprint density at radius 2 is 2.19 bits per heavy atom. The molecule has 0 bridgehead atoms. The molecule has 1 aromatic carbocycles. The van der Waals surface area contributed by atoms with Gasteiger partial charge in [-0.3, -0.25) is 4.79 Å². The fraction of sp³-hybridized carbons (Fsp3) is 0.438. The molecule has 2 heterocycles. The van der Waals surface area contributed by atoms with Gasteiger partial charge in [0.05, 0.1) is 18.3 Å². The van der Waals surface area contributed by atoms with Crippen molar-refractivity contribution in [3.8, 4) is 0 Å². The number of anilines is 1. The number of pyridine rings is 1. The van der Waals surface area contributed by atoms with E-state index < -0.39 is 0 Å². The van der Waals surface area contributed by atoms with Crippen molar-refractivity contribution < 1.29 is 9.84 Å². The number of hydrogen-bond acceptors (Lipinski definition) is 4. The van der Waals surface area contributed by atoms with E-state index in [1.807, 2.05) is 44.2 Å². The summed E-state index contributed by atoms with van der Waals surface area (Å²) in [4.78, 5) is 17.2. The summed E-state index contributed by atoms with van der Waals surface area (Å²) in [5, 5.41) is 11.0. The lowest BCUT2D eigenvalue weighted by Crippen LogP contribution is -2.54. The van der Waals surface area contributed by atoms with Crippen LogP contribution in [0.2, 0.25) is 0 Å². The molecule has 2 N–H and O–H groups in total. The molecule has 21 heavy (non-hydrogen) atoms. The molecule has 0 aliphatic carbocycles. The number of aromatic amines is 1. The number of aliphatic hydroxyl groups is 1. The second kappa shape index (κ2) is 5.16. The van der Waals surface area contributed by atoms with E-state index in [-0.39, 0.29) is 23.9 Å². The number of aromatic nitrogens is 1. The molecule has 0 spiro atoms. The standard InChI is InChI=1S/C16H20N2O3/c1-16(2)10-18(8-12(9-19)21-16)14-7-11-5-3-4-6-13(11)15(20)17-14/h3-7,12,19H,8-10H2,1-2H3,(H,17,20). The van der Waals surface area contributed by atoms with Gasteiger partial charge < -0.3 is 19.7 Å². The minimum Gasteiger partial charge on any atom is -0.394 e. The topological polar surface area (TPSA) is 65.6 Å². The van der Waals surface area contributed by atoms with Gasteiger partial charge in [-0.1, -0.05) is 18.2 Å². The number of ether oxygens (including phenoxy) is 1. The average Bonchev–Trinajstić information content (AvgIpc) is 2.45. The Morgan fingerprint density at radius 3 is 2.95 bits per heavy atom. The maximum Gasteiger partial charge on any atom is 0.257 e. The molecule has 1 fully saturated rings. The molecule has 1 aliphatic rings. The van der Waals surface area contributed by atoms with Gasteiger partial charge in [0.25, 0.3) is 5.56 Å². The number of aliphatic hydroxyl groups excluding tert-OH is 1. The molecular weight excluding hydrogens is 268 g/mol. The second-order valence-corrected chi connectivity index (χ2v) is 6.13. The largest absolute Gasteiger partial charge is 0.394 e. The Hall–Kier alpha value is -1.85. The monoisotopic (exact) mass is 288 g/mol. The zero-order valence-corrected chi connectivity index (χ0v) is 12.3. The van der Waals surface area contributed by atoms with Crippen LogP contribution in [0.1, 0.15) is 13.8 Å². The van der Waals surface area contributed by atoms with Crippen molar-refractivity contribution in [3.63, 3.8) is 0 Å². The Labute approximate surface area is 123 Å². The summed E-state index contributed by atoms with van der Waals surface area (Å²) in [5.41, 5.74) is -0.457. The second-order valence-electron chi connectivity index (χ2n) is 6.13. The van der Waals surface area contributed by atoms with Gasteiger partial charge in [0.2, 0.25) is 0 Å². The van der Waals surface area contributed by atoms with Gasteiger partial charge in [-0.15, -0.1) is 0 Å². The summed E-state index contributed by atoms with van der Waals surface area (Å²) in [6.07, 6.45) is -0.247. The molecule has 3 rings (SSSR count). The van der Waals surface area contributed by atoms with Gasteiger partial charge in [-0.2, -0.15) is 0 Å². The van der Waals surface area contributed by atoms with Crippen LogP contribution in [-0.2, 0) is 4.74 Å². The number of nitrogens with one attached hydrogen (secondary N) is 1. The van der Waals surface area contributed by atoms with Crippen LogP contribution >= 0.6 is 0 Å². The molecule has 112 valence electrons. The third-order valence-corrected chi connectivity index (χ3v) is 3.76. The van der Waals surface area contributed by atoms with E-state index in [2.05, 4.69) is 9.88 Å². The van der Waals surface area contributed by atoms with Crippen LogP contribution in [0.4, 0.5) is 5.82 Å². The van der Waals surface area contributed by atoms with Crippen LogP contribution in [0.5, 0.6) is 0 Å². The molecule has 1 aromatic heterocycles. The number of H-pyrrole nitrogens is 1. The van der Waals surface area contributed by atoms with E-state index >= 15 is 0 Å².